The highest BCUT2D eigenvalue weighted by molar-refractivity contribution is 6.63. The average molecular weight is 442 g/mol. The number of unbranched alkanes of at least 4 members (excludes halogenated alkanes) is 5. The largest absolute Gasteiger partial charge is 0.494 e. The average Bonchev–Trinajstić information content (AvgIpc) is 2.73. The van der Waals surface area contributed by atoms with E-state index in [4.69, 9.17) is 14.7 Å². The van der Waals surface area contributed by atoms with Gasteiger partial charge in [0, 0.05) is 0 Å². The molecule has 0 saturated heterocycles. The van der Waals surface area contributed by atoms with E-state index in [0.29, 0.717) is 35.3 Å². The van der Waals surface area contributed by atoms with Crippen molar-refractivity contribution in [1.29, 1.82) is 5.26 Å². The summed E-state index contributed by atoms with van der Waals surface area (Å²) in [5.41, 5.74) is 1.69. The van der Waals surface area contributed by atoms with E-state index >= 15 is 0 Å². The zero-order valence-corrected chi connectivity index (χ0v) is 19.3. The summed E-state index contributed by atoms with van der Waals surface area (Å²) in [7, 11) is -2.87. The highest BCUT2D eigenvalue weighted by Gasteiger charge is 2.19. The lowest BCUT2D eigenvalue weighted by atomic mass is 10.1. The van der Waals surface area contributed by atoms with Crippen LogP contribution >= 0.6 is 0 Å². The second-order valence-corrected chi connectivity index (χ2v) is 10.9. The van der Waals surface area contributed by atoms with Gasteiger partial charge in [0.1, 0.15) is 11.5 Å². The Balaban J connectivity index is 1.66. The molecule has 0 aliphatic carbocycles. The minimum absolute atomic E-state index is 0.432. The Kier molecular flexibility index (Phi) is 9.73. The van der Waals surface area contributed by atoms with Gasteiger partial charge in [-0.1, -0.05) is 32.1 Å². The third-order valence-electron chi connectivity index (χ3n) is 4.91. The molecule has 2 aromatic rings. The zero-order chi connectivity index (χ0) is 22.7. The number of nitriles is 1. The van der Waals surface area contributed by atoms with Crippen molar-refractivity contribution in [3.8, 4) is 17.6 Å². The second kappa shape index (κ2) is 12.3. The molecular formula is C24H31NO5Si. The molecule has 0 amide bonds. The maximum Gasteiger partial charge on any atom is 0.343 e. The number of hydrogen-bond donors (Lipinski definition) is 2. The molecule has 31 heavy (non-hydrogen) atoms. The molecule has 166 valence electrons. The lowest BCUT2D eigenvalue weighted by Crippen LogP contribution is -2.29. The summed E-state index contributed by atoms with van der Waals surface area (Å²) in [6, 6.07) is 14.4. The molecule has 0 heterocycles. The molecule has 0 saturated carbocycles. The fourth-order valence-electron chi connectivity index (χ4n) is 3.14. The lowest BCUT2D eigenvalue weighted by Gasteiger charge is -2.11. The van der Waals surface area contributed by atoms with E-state index in [0.717, 1.165) is 44.1 Å². The van der Waals surface area contributed by atoms with E-state index in [1.54, 1.807) is 55.9 Å². The summed E-state index contributed by atoms with van der Waals surface area (Å²) in [5, 5.41) is 8.91. The second-order valence-electron chi connectivity index (χ2n) is 7.94. The van der Waals surface area contributed by atoms with Gasteiger partial charge in [0.15, 0.2) is 0 Å². The van der Waals surface area contributed by atoms with Gasteiger partial charge in [-0.05, 0) is 74.0 Å². The summed E-state index contributed by atoms with van der Waals surface area (Å²) in [4.78, 5) is 31.1. The Hall–Kier alpha value is -2.66. The van der Waals surface area contributed by atoms with E-state index < -0.39 is 14.5 Å². The Bertz CT molecular complexity index is 884. The van der Waals surface area contributed by atoms with Crippen molar-refractivity contribution in [1.82, 2.24) is 0 Å². The molecule has 7 heteroatoms. The Morgan fingerprint density at radius 1 is 1.00 bits per heavy atom. The van der Waals surface area contributed by atoms with Gasteiger partial charge in [-0.3, -0.25) is 0 Å². The first-order valence-corrected chi connectivity index (χ1v) is 13.3. The molecule has 0 radical (unpaired) electrons. The van der Waals surface area contributed by atoms with Crippen LogP contribution in [0.4, 0.5) is 0 Å². The number of aryl methyl sites for hydroxylation is 1. The van der Waals surface area contributed by atoms with Crippen molar-refractivity contribution in [3.63, 3.8) is 0 Å². The van der Waals surface area contributed by atoms with Crippen LogP contribution < -0.4 is 9.47 Å². The normalized spacial score (nSPS) is 11.1. The molecular weight excluding hydrogens is 410 g/mol. The standard InChI is InChI=1S/C24H31NO5Si/c1-19-17-20(18-25)9-14-23(19)30-24(26)21-10-12-22(13-11-21)29-15-7-5-3-4-6-8-16-31(2,27)28/h9-14,17,27-28H,3-8,15-16H2,1-2H3. The third-order valence-corrected chi connectivity index (χ3v) is 6.21. The molecule has 0 spiro atoms. The van der Waals surface area contributed by atoms with Gasteiger partial charge in [-0.15, -0.1) is 0 Å². The van der Waals surface area contributed by atoms with Crippen molar-refractivity contribution in [2.75, 3.05) is 6.61 Å². The van der Waals surface area contributed by atoms with Crippen LogP contribution in [-0.4, -0.2) is 30.7 Å². The Labute approximate surface area is 185 Å². The molecule has 2 aromatic carbocycles. The Morgan fingerprint density at radius 2 is 1.65 bits per heavy atom. The summed E-state index contributed by atoms with van der Waals surface area (Å²) >= 11 is 0. The number of carbonyl (C=O) groups excluding carboxylic acids is 1. The number of ether oxygens (including phenoxy) is 2. The van der Waals surface area contributed by atoms with Crippen LogP contribution in [0.1, 0.15) is 60.0 Å². The first-order chi connectivity index (χ1) is 14.8. The van der Waals surface area contributed by atoms with Crippen LogP contribution in [0.3, 0.4) is 0 Å². The SMILES string of the molecule is Cc1cc(C#N)ccc1OC(=O)c1ccc(OCCCCCCCC[Si](C)(O)O)cc1. The van der Waals surface area contributed by atoms with Crippen LogP contribution in [0.2, 0.25) is 12.6 Å². The molecule has 2 N–H and O–H groups in total. The first kappa shape index (κ1) is 24.6. The van der Waals surface area contributed by atoms with Crippen molar-refractivity contribution >= 4 is 14.5 Å². The third kappa shape index (κ3) is 9.34. The van der Waals surface area contributed by atoms with Crippen molar-refractivity contribution in [2.24, 2.45) is 0 Å². The van der Waals surface area contributed by atoms with Crippen LogP contribution in [0.25, 0.3) is 0 Å². The van der Waals surface area contributed by atoms with Crippen molar-refractivity contribution in [3.05, 3.63) is 59.2 Å². The quantitative estimate of drug-likeness (QED) is 0.211. The smallest absolute Gasteiger partial charge is 0.343 e. The molecule has 0 aliphatic rings. The molecule has 0 aromatic heterocycles. The van der Waals surface area contributed by atoms with Crippen LogP contribution in [0.5, 0.6) is 11.5 Å². The van der Waals surface area contributed by atoms with E-state index in [-0.39, 0.29) is 0 Å². The summed E-state index contributed by atoms with van der Waals surface area (Å²) in [5.74, 6) is 0.694. The fraction of sp³-hybridized carbons (Fsp3) is 0.417. The minimum atomic E-state index is -2.87. The van der Waals surface area contributed by atoms with Crippen LogP contribution in [0, 0.1) is 18.3 Å². The number of esters is 1. The van der Waals surface area contributed by atoms with Crippen molar-refractivity contribution < 1.29 is 23.9 Å². The van der Waals surface area contributed by atoms with E-state index in [2.05, 4.69) is 6.07 Å². The van der Waals surface area contributed by atoms with Gasteiger partial charge >= 0.3 is 14.5 Å². The maximum atomic E-state index is 12.3. The van der Waals surface area contributed by atoms with Gasteiger partial charge in [-0.25, -0.2) is 4.79 Å². The van der Waals surface area contributed by atoms with Gasteiger partial charge < -0.3 is 19.1 Å². The number of hydrogen-bond acceptors (Lipinski definition) is 6. The van der Waals surface area contributed by atoms with Gasteiger partial charge in [0.25, 0.3) is 0 Å². The highest BCUT2D eigenvalue weighted by atomic mass is 28.4. The zero-order valence-electron chi connectivity index (χ0n) is 18.3. The maximum absolute atomic E-state index is 12.3. The molecule has 0 bridgehead atoms. The number of carbonyl (C=O) groups is 1. The molecule has 0 fully saturated rings. The highest BCUT2D eigenvalue weighted by Crippen LogP contribution is 2.21. The fourth-order valence-corrected chi connectivity index (χ4v) is 4.06. The number of benzene rings is 2. The lowest BCUT2D eigenvalue weighted by molar-refractivity contribution is 0.0733. The first-order valence-electron chi connectivity index (χ1n) is 10.7. The molecule has 6 nitrogen and oxygen atoms in total. The van der Waals surface area contributed by atoms with Crippen LogP contribution in [-0.2, 0) is 0 Å². The number of rotatable bonds is 12. The predicted molar refractivity (Wildman–Crippen MR) is 121 cm³/mol. The predicted octanol–water partition coefficient (Wildman–Crippen LogP) is 4.86. The molecule has 0 unspecified atom stereocenters. The molecule has 2 rings (SSSR count). The minimum Gasteiger partial charge on any atom is -0.494 e. The van der Waals surface area contributed by atoms with Gasteiger partial charge in [-0.2, -0.15) is 5.26 Å². The van der Waals surface area contributed by atoms with Gasteiger partial charge in [0.05, 0.1) is 23.8 Å². The number of nitrogens with zero attached hydrogens (tertiary/aromatic N) is 1. The van der Waals surface area contributed by atoms with E-state index in [9.17, 15) is 14.4 Å². The monoisotopic (exact) mass is 441 g/mol. The van der Waals surface area contributed by atoms with Crippen LogP contribution in [0.15, 0.2) is 42.5 Å². The van der Waals surface area contributed by atoms with Crippen molar-refractivity contribution in [2.45, 2.75) is 58.0 Å². The van der Waals surface area contributed by atoms with Gasteiger partial charge in [0.2, 0.25) is 0 Å². The molecule has 0 aliphatic heterocycles. The summed E-state index contributed by atoms with van der Waals surface area (Å²) < 4.78 is 11.2. The summed E-state index contributed by atoms with van der Waals surface area (Å²) in [6.45, 7) is 3.96. The van der Waals surface area contributed by atoms with E-state index in [1.807, 2.05) is 0 Å². The molecule has 0 atom stereocenters. The topological polar surface area (TPSA) is 99.8 Å². The van der Waals surface area contributed by atoms with E-state index in [1.165, 1.54) is 0 Å². The summed E-state index contributed by atoms with van der Waals surface area (Å²) in [6.07, 6.45) is 6.14. The Morgan fingerprint density at radius 3 is 2.26 bits per heavy atom.